The lowest BCUT2D eigenvalue weighted by molar-refractivity contribution is 0.399. The molecule has 0 aromatic rings. The molecule has 0 unspecified atom stereocenters. The molecule has 0 radical (unpaired) electrons. The summed E-state index contributed by atoms with van der Waals surface area (Å²) in [5.74, 6) is 0. The topological polar surface area (TPSA) is 77.8 Å². The maximum Gasteiger partial charge on any atom is 0.692 e. The largest absolute Gasteiger partial charge is 0.692 e. The second-order valence-electron chi connectivity index (χ2n) is 0.253. The Labute approximate surface area is 60.3 Å². The SMILES string of the molecule is CO.Cl.Cl.O=[P+](O)O. The summed E-state index contributed by atoms with van der Waals surface area (Å²) < 4.78 is 8.70. The maximum atomic E-state index is 8.70. The second kappa shape index (κ2) is 25.7. The molecule has 3 N–H and O–H groups in total. The Hall–Kier alpha value is 0.560. The molecule has 54 valence electrons. The van der Waals surface area contributed by atoms with E-state index >= 15 is 0 Å². The standard InChI is InChI=1S/CH4O.2ClH.HO3P/c1-2;;;1-4(2)3/h2H,1H3;2*1H;(H-,1,2,3)/p+1. The van der Waals surface area contributed by atoms with Crippen LogP contribution >= 0.6 is 33.1 Å². The minimum atomic E-state index is -2.87. The van der Waals surface area contributed by atoms with Crippen LogP contribution < -0.4 is 0 Å². The zero-order valence-corrected chi connectivity index (χ0v) is 6.54. The van der Waals surface area contributed by atoms with Crippen LogP contribution in [0.3, 0.4) is 0 Å². The van der Waals surface area contributed by atoms with Crippen molar-refractivity contribution in [3.8, 4) is 0 Å². The Morgan fingerprint density at radius 2 is 1.12 bits per heavy atom. The molecule has 7 heteroatoms. The van der Waals surface area contributed by atoms with Crippen LogP contribution in [0.25, 0.3) is 0 Å². The van der Waals surface area contributed by atoms with E-state index in [9.17, 15) is 0 Å². The van der Waals surface area contributed by atoms with Crippen LogP contribution in [0.2, 0.25) is 0 Å². The summed E-state index contributed by atoms with van der Waals surface area (Å²) >= 11 is 0. The molecular formula is CH8Cl2O4P+. The van der Waals surface area contributed by atoms with Crippen LogP contribution in [0, 0.1) is 0 Å². The fourth-order valence-electron chi connectivity index (χ4n) is 0. The molecular weight excluding hydrogens is 178 g/mol. The van der Waals surface area contributed by atoms with E-state index in [2.05, 4.69) is 0 Å². The van der Waals surface area contributed by atoms with Gasteiger partial charge in [-0.15, -0.1) is 34.6 Å². The third-order valence-corrected chi connectivity index (χ3v) is 0. The van der Waals surface area contributed by atoms with Gasteiger partial charge in [0.05, 0.1) is 0 Å². The smallest absolute Gasteiger partial charge is 0.400 e. The quantitative estimate of drug-likeness (QED) is 0.468. The van der Waals surface area contributed by atoms with Crippen molar-refractivity contribution in [3.63, 3.8) is 0 Å². The summed E-state index contributed by atoms with van der Waals surface area (Å²) in [6.45, 7) is 0. The van der Waals surface area contributed by atoms with E-state index in [1.165, 1.54) is 0 Å². The maximum absolute atomic E-state index is 8.70. The van der Waals surface area contributed by atoms with Gasteiger partial charge >= 0.3 is 8.25 Å². The van der Waals surface area contributed by atoms with E-state index in [0.29, 0.717) is 0 Å². The Balaban J connectivity index is -0.0000000183. The normalized spacial score (nSPS) is 4.00. The van der Waals surface area contributed by atoms with Crippen LogP contribution in [0.15, 0.2) is 0 Å². The van der Waals surface area contributed by atoms with Gasteiger partial charge in [0.1, 0.15) is 0 Å². The lowest BCUT2D eigenvalue weighted by atomic mass is 11.8. The van der Waals surface area contributed by atoms with Crippen LogP contribution in [0.1, 0.15) is 0 Å². The van der Waals surface area contributed by atoms with Gasteiger partial charge in [-0.2, -0.15) is 0 Å². The molecule has 0 heterocycles. The molecule has 0 atom stereocenters. The van der Waals surface area contributed by atoms with Gasteiger partial charge in [0.2, 0.25) is 0 Å². The molecule has 0 saturated carbocycles. The summed E-state index contributed by atoms with van der Waals surface area (Å²) in [5.41, 5.74) is 0. The van der Waals surface area contributed by atoms with Gasteiger partial charge in [0, 0.05) is 11.7 Å². The van der Waals surface area contributed by atoms with Gasteiger partial charge < -0.3 is 5.11 Å². The lowest BCUT2D eigenvalue weighted by Gasteiger charge is -1.34. The van der Waals surface area contributed by atoms with Crippen LogP contribution in [0.5, 0.6) is 0 Å². The molecule has 0 aliphatic rings. The molecule has 0 spiro atoms. The minimum Gasteiger partial charge on any atom is -0.400 e. The molecule has 0 amide bonds. The van der Waals surface area contributed by atoms with E-state index in [1.54, 1.807) is 0 Å². The summed E-state index contributed by atoms with van der Waals surface area (Å²) in [6, 6.07) is 0. The number of rotatable bonds is 0. The Morgan fingerprint density at radius 1 is 1.12 bits per heavy atom. The van der Waals surface area contributed by atoms with E-state index in [-0.39, 0.29) is 24.8 Å². The number of hydrogen-bond donors (Lipinski definition) is 3. The first-order chi connectivity index (χ1) is 2.73. The Bertz CT molecular complexity index is 37.0. The predicted octanol–water partition coefficient (Wildman–Crippen LogP) is 0.0805. The fourth-order valence-corrected chi connectivity index (χ4v) is 0. The highest BCUT2D eigenvalue weighted by Crippen LogP contribution is 1.98. The lowest BCUT2D eigenvalue weighted by Crippen LogP contribution is -1.38. The highest BCUT2D eigenvalue weighted by Gasteiger charge is 1.93. The molecule has 0 aromatic carbocycles. The first kappa shape index (κ1) is 23.5. The third-order valence-electron chi connectivity index (χ3n) is 0. The summed E-state index contributed by atoms with van der Waals surface area (Å²) in [4.78, 5) is 14.2. The third kappa shape index (κ3) is 647. The Kier molecular flexibility index (Phi) is 75.5. The van der Waals surface area contributed by atoms with Crippen molar-refractivity contribution >= 4 is 33.1 Å². The molecule has 0 bridgehead atoms. The molecule has 0 aliphatic carbocycles. The predicted molar refractivity (Wildman–Crippen MR) is 34.7 cm³/mol. The summed E-state index contributed by atoms with van der Waals surface area (Å²) in [7, 11) is -1.87. The first-order valence-corrected chi connectivity index (χ1v) is 2.19. The summed E-state index contributed by atoms with van der Waals surface area (Å²) in [5, 5.41) is 7.00. The first-order valence-electron chi connectivity index (χ1n) is 1.03. The minimum absolute atomic E-state index is 0. The van der Waals surface area contributed by atoms with Gasteiger partial charge in [-0.3, -0.25) is 0 Å². The van der Waals surface area contributed by atoms with E-state index in [0.717, 1.165) is 7.11 Å². The van der Waals surface area contributed by atoms with Crippen molar-refractivity contribution in [2.45, 2.75) is 0 Å². The van der Waals surface area contributed by atoms with Crippen molar-refractivity contribution in [2.75, 3.05) is 7.11 Å². The van der Waals surface area contributed by atoms with E-state index < -0.39 is 8.25 Å². The molecule has 0 aliphatic heterocycles. The number of halogens is 2. The van der Waals surface area contributed by atoms with Gasteiger partial charge in [-0.25, -0.2) is 0 Å². The van der Waals surface area contributed by atoms with Crippen molar-refractivity contribution in [1.29, 1.82) is 0 Å². The van der Waals surface area contributed by atoms with Crippen LogP contribution in [-0.4, -0.2) is 22.0 Å². The molecule has 0 rings (SSSR count). The molecule has 0 fully saturated rings. The fraction of sp³-hybridized carbons (Fsp3) is 1.00. The van der Waals surface area contributed by atoms with Gasteiger partial charge in [0.15, 0.2) is 0 Å². The number of hydrogen-bond acceptors (Lipinski definition) is 2. The monoisotopic (exact) mass is 185 g/mol. The zero-order chi connectivity index (χ0) is 5.58. The van der Waals surface area contributed by atoms with Gasteiger partial charge in [-0.1, -0.05) is 0 Å². The molecule has 0 saturated heterocycles. The van der Waals surface area contributed by atoms with Crippen molar-refractivity contribution in [3.05, 3.63) is 0 Å². The zero-order valence-electron chi connectivity index (χ0n) is 4.01. The van der Waals surface area contributed by atoms with Gasteiger partial charge in [-0.05, 0) is 0 Å². The van der Waals surface area contributed by atoms with Crippen LogP contribution in [0.4, 0.5) is 0 Å². The average Bonchev–Trinajstić information content (AvgIpc) is 1.41. The molecule has 0 aromatic heterocycles. The van der Waals surface area contributed by atoms with E-state index in [1.807, 2.05) is 0 Å². The Morgan fingerprint density at radius 3 is 1.12 bits per heavy atom. The number of aliphatic hydroxyl groups is 1. The van der Waals surface area contributed by atoms with Crippen molar-refractivity contribution in [2.24, 2.45) is 0 Å². The highest BCUT2D eigenvalue weighted by atomic mass is 35.5. The van der Waals surface area contributed by atoms with Gasteiger partial charge in [0.25, 0.3) is 0 Å². The van der Waals surface area contributed by atoms with Crippen molar-refractivity contribution < 1.29 is 19.5 Å². The highest BCUT2D eigenvalue weighted by molar-refractivity contribution is 7.30. The van der Waals surface area contributed by atoms with E-state index in [4.69, 9.17) is 19.5 Å². The second-order valence-corrected chi connectivity index (χ2v) is 0.758. The molecule has 8 heavy (non-hydrogen) atoms. The van der Waals surface area contributed by atoms with Crippen LogP contribution in [-0.2, 0) is 4.57 Å². The number of aliphatic hydroxyl groups excluding tert-OH is 1. The average molecular weight is 186 g/mol. The summed E-state index contributed by atoms with van der Waals surface area (Å²) in [6.07, 6.45) is 0. The molecule has 4 nitrogen and oxygen atoms in total. The van der Waals surface area contributed by atoms with Crippen molar-refractivity contribution in [1.82, 2.24) is 0 Å².